The van der Waals surface area contributed by atoms with Gasteiger partial charge in [-0.2, -0.15) is 0 Å². The molecular weight excluding hydrogens is 314 g/mol. The minimum atomic E-state index is -0.476. The summed E-state index contributed by atoms with van der Waals surface area (Å²) in [7, 11) is 1.61. The van der Waals surface area contributed by atoms with Gasteiger partial charge in [0.25, 0.3) is 0 Å². The van der Waals surface area contributed by atoms with E-state index in [0.29, 0.717) is 0 Å². The highest BCUT2D eigenvalue weighted by molar-refractivity contribution is 5.79. The molecular formula is C21H23NO3. The van der Waals surface area contributed by atoms with Crippen LogP contribution in [0.3, 0.4) is 0 Å². The molecule has 1 atom stereocenters. The molecule has 0 N–H and O–H groups in total. The molecule has 1 unspecified atom stereocenters. The Balaban J connectivity index is 1.78. The molecule has 0 radical (unpaired) electrons. The Bertz CT molecular complexity index is 739. The van der Waals surface area contributed by atoms with Gasteiger partial charge in [-0.3, -0.25) is 0 Å². The summed E-state index contributed by atoms with van der Waals surface area (Å²) in [6.07, 6.45) is 0.333. The number of ether oxygens (including phenoxy) is 1. The Morgan fingerprint density at radius 3 is 2.08 bits per heavy atom. The maximum Gasteiger partial charge on any atom is 0.410 e. The summed E-state index contributed by atoms with van der Waals surface area (Å²) in [4.78, 5) is 25.0. The number of amides is 1. The van der Waals surface area contributed by atoms with Crippen molar-refractivity contribution in [2.75, 3.05) is 13.7 Å². The van der Waals surface area contributed by atoms with E-state index in [4.69, 9.17) is 4.74 Å². The summed E-state index contributed by atoms with van der Waals surface area (Å²) >= 11 is 0. The van der Waals surface area contributed by atoms with Gasteiger partial charge in [0, 0.05) is 13.0 Å². The highest BCUT2D eigenvalue weighted by atomic mass is 16.6. The fourth-order valence-corrected chi connectivity index (χ4v) is 3.51. The van der Waals surface area contributed by atoms with Gasteiger partial charge in [0.1, 0.15) is 12.9 Å². The SMILES string of the molecule is CC(C)C(C=O)N(C)C(=O)OCC1c2ccccc2-c2ccccc21. The van der Waals surface area contributed by atoms with Crippen LogP contribution in [0.25, 0.3) is 11.1 Å². The van der Waals surface area contributed by atoms with Crippen molar-refractivity contribution in [1.82, 2.24) is 4.90 Å². The van der Waals surface area contributed by atoms with Crippen LogP contribution in [0.4, 0.5) is 4.79 Å². The van der Waals surface area contributed by atoms with Crippen LogP contribution in [0.1, 0.15) is 30.9 Å². The Morgan fingerprint density at radius 2 is 1.60 bits per heavy atom. The molecule has 0 fully saturated rings. The molecule has 0 spiro atoms. The van der Waals surface area contributed by atoms with E-state index >= 15 is 0 Å². The molecule has 1 aliphatic carbocycles. The largest absolute Gasteiger partial charge is 0.448 e. The van der Waals surface area contributed by atoms with Crippen molar-refractivity contribution in [2.45, 2.75) is 25.8 Å². The van der Waals surface area contributed by atoms with Crippen LogP contribution >= 0.6 is 0 Å². The summed E-state index contributed by atoms with van der Waals surface area (Å²) in [6.45, 7) is 4.08. The standard InChI is InChI=1S/C21H23NO3/c1-14(2)20(12-23)22(3)21(24)25-13-19-17-10-6-4-8-15(17)16-9-5-7-11-18(16)19/h4-12,14,19-20H,13H2,1-3H3. The van der Waals surface area contributed by atoms with Gasteiger partial charge >= 0.3 is 6.09 Å². The first-order chi connectivity index (χ1) is 12.0. The highest BCUT2D eigenvalue weighted by Gasteiger charge is 2.30. The second-order valence-electron chi connectivity index (χ2n) is 6.79. The number of nitrogens with zero attached hydrogens (tertiary/aromatic N) is 1. The number of carbonyl (C=O) groups excluding carboxylic acids is 2. The number of likely N-dealkylation sites (N-methyl/N-ethyl adjacent to an activating group) is 1. The zero-order chi connectivity index (χ0) is 18.0. The molecule has 0 aromatic heterocycles. The van der Waals surface area contributed by atoms with Gasteiger partial charge in [0.05, 0.1) is 6.04 Å². The number of hydrogen-bond donors (Lipinski definition) is 0. The van der Waals surface area contributed by atoms with Crippen LogP contribution in [-0.2, 0) is 9.53 Å². The van der Waals surface area contributed by atoms with Crippen LogP contribution in [0.5, 0.6) is 0 Å². The van der Waals surface area contributed by atoms with E-state index < -0.39 is 12.1 Å². The van der Waals surface area contributed by atoms with E-state index in [-0.39, 0.29) is 18.4 Å². The van der Waals surface area contributed by atoms with Crippen LogP contribution in [0.15, 0.2) is 48.5 Å². The van der Waals surface area contributed by atoms with E-state index in [1.807, 2.05) is 38.1 Å². The van der Waals surface area contributed by atoms with Crippen molar-refractivity contribution in [3.8, 4) is 11.1 Å². The van der Waals surface area contributed by atoms with Crippen LogP contribution in [0, 0.1) is 5.92 Å². The molecule has 2 aromatic rings. The average molecular weight is 337 g/mol. The molecule has 3 rings (SSSR count). The summed E-state index contributed by atoms with van der Waals surface area (Å²) in [5, 5.41) is 0. The van der Waals surface area contributed by atoms with Gasteiger partial charge in [-0.15, -0.1) is 0 Å². The molecule has 0 bridgehead atoms. The van der Waals surface area contributed by atoms with Crippen molar-refractivity contribution >= 4 is 12.4 Å². The average Bonchev–Trinajstić information content (AvgIpc) is 2.94. The van der Waals surface area contributed by atoms with Crippen LogP contribution < -0.4 is 0 Å². The summed E-state index contributed by atoms with van der Waals surface area (Å²) in [5.41, 5.74) is 4.74. The molecule has 4 heteroatoms. The Hall–Kier alpha value is -2.62. The summed E-state index contributed by atoms with van der Waals surface area (Å²) in [5.74, 6) is 0.0708. The molecule has 0 saturated carbocycles. The summed E-state index contributed by atoms with van der Waals surface area (Å²) < 4.78 is 5.56. The van der Waals surface area contributed by atoms with Crippen LogP contribution in [-0.4, -0.2) is 37.0 Å². The summed E-state index contributed by atoms with van der Waals surface area (Å²) in [6, 6.07) is 16.0. The first-order valence-corrected chi connectivity index (χ1v) is 8.57. The lowest BCUT2D eigenvalue weighted by atomic mass is 9.98. The maximum atomic E-state index is 12.4. The number of fused-ring (bicyclic) bond motifs is 3. The Morgan fingerprint density at radius 1 is 1.08 bits per heavy atom. The molecule has 25 heavy (non-hydrogen) atoms. The van der Waals surface area contributed by atoms with E-state index in [0.717, 1.165) is 6.29 Å². The normalized spacial score (nSPS) is 13.9. The predicted molar refractivity (Wildman–Crippen MR) is 97.5 cm³/mol. The topological polar surface area (TPSA) is 46.6 Å². The third-order valence-electron chi connectivity index (χ3n) is 4.89. The quantitative estimate of drug-likeness (QED) is 0.772. The molecule has 0 heterocycles. The Labute approximate surface area is 148 Å². The van der Waals surface area contributed by atoms with Gasteiger partial charge in [0.2, 0.25) is 0 Å². The second-order valence-corrected chi connectivity index (χ2v) is 6.79. The zero-order valence-electron chi connectivity index (χ0n) is 14.8. The van der Waals surface area contributed by atoms with E-state index in [1.54, 1.807) is 7.05 Å². The van der Waals surface area contributed by atoms with E-state index in [2.05, 4.69) is 24.3 Å². The maximum absolute atomic E-state index is 12.4. The monoisotopic (exact) mass is 337 g/mol. The van der Waals surface area contributed by atoms with Crippen molar-refractivity contribution in [3.05, 3.63) is 59.7 Å². The van der Waals surface area contributed by atoms with Crippen LogP contribution in [0.2, 0.25) is 0 Å². The Kier molecular flexibility index (Phi) is 4.88. The van der Waals surface area contributed by atoms with Gasteiger partial charge in [-0.25, -0.2) is 4.79 Å². The number of benzene rings is 2. The van der Waals surface area contributed by atoms with E-state index in [1.165, 1.54) is 27.2 Å². The molecule has 1 aliphatic rings. The number of hydrogen-bond acceptors (Lipinski definition) is 3. The fraction of sp³-hybridized carbons (Fsp3) is 0.333. The fourth-order valence-electron chi connectivity index (χ4n) is 3.51. The zero-order valence-corrected chi connectivity index (χ0v) is 14.8. The molecule has 0 saturated heterocycles. The molecule has 2 aromatic carbocycles. The van der Waals surface area contributed by atoms with Crippen molar-refractivity contribution in [2.24, 2.45) is 5.92 Å². The molecule has 1 amide bonds. The minimum Gasteiger partial charge on any atom is -0.448 e. The predicted octanol–water partition coefficient (Wildman–Crippen LogP) is 4.09. The highest BCUT2D eigenvalue weighted by Crippen LogP contribution is 2.44. The lowest BCUT2D eigenvalue weighted by Crippen LogP contribution is -2.42. The third-order valence-corrected chi connectivity index (χ3v) is 4.89. The first-order valence-electron chi connectivity index (χ1n) is 8.57. The number of aldehydes is 1. The van der Waals surface area contributed by atoms with Gasteiger partial charge in [-0.1, -0.05) is 62.4 Å². The second kappa shape index (κ2) is 7.09. The number of carbonyl (C=O) groups is 2. The number of rotatable bonds is 5. The van der Waals surface area contributed by atoms with Crippen molar-refractivity contribution < 1.29 is 14.3 Å². The minimum absolute atomic E-state index is 0.0264. The van der Waals surface area contributed by atoms with Gasteiger partial charge < -0.3 is 14.4 Å². The molecule has 130 valence electrons. The molecule has 0 aliphatic heterocycles. The van der Waals surface area contributed by atoms with E-state index in [9.17, 15) is 9.59 Å². The third kappa shape index (κ3) is 3.16. The smallest absolute Gasteiger partial charge is 0.410 e. The van der Waals surface area contributed by atoms with Gasteiger partial charge in [-0.05, 0) is 28.2 Å². The lowest BCUT2D eigenvalue weighted by molar-refractivity contribution is -0.112. The molecule has 4 nitrogen and oxygen atoms in total. The lowest BCUT2D eigenvalue weighted by Gasteiger charge is -2.26. The van der Waals surface area contributed by atoms with Crippen molar-refractivity contribution in [3.63, 3.8) is 0 Å². The first kappa shape index (κ1) is 17.2. The van der Waals surface area contributed by atoms with Gasteiger partial charge in [0.15, 0.2) is 0 Å². The van der Waals surface area contributed by atoms with Crippen molar-refractivity contribution in [1.29, 1.82) is 0 Å².